The number of nitrogens with one attached hydrogen (secondary N) is 1. The summed E-state index contributed by atoms with van der Waals surface area (Å²) in [5.74, 6) is 0.515. The molecule has 0 amide bonds. The summed E-state index contributed by atoms with van der Waals surface area (Å²) in [6, 6.07) is 7.40. The van der Waals surface area contributed by atoms with Crippen LogP contribution in [0.3, 0.4) is 0 Å². The molecule has 20 heavy (non-hydrogen) atoms. The van der Waals surface area contributed by atoms with Gasteiger partial charge in [0.1, 0.15) is 0 Å². The van der Waals surface area contributed by atoms with E-state index in [1.165, 1.54) is 0 Å². The second-order valence-corrected chi connectivity index (χ2v) is 7.72. The highest BCUT2D eigenvalue weighted by Crippen LogP contribution is 2.28. The number of hydrogen-bond donors (Lipinski definition) is 1. The minimum absolute atomic E-state index is 0. The first-order chi connectivity index (χ1) is 9.04. The number of halogens is 2. The van der Waals surface area contributed by atoms with Gasteiger partial charge in [0.25, 0.3) is 0 Å². The summed E-state index contributed by atoms with van der Waals surface area (Å²) < 4.78 is 26.4. The Kier molecular flexibility index (Phi) is 4.97. The Morgan fingerprint density at radius 1 is 1.35 bits per heavy atom. The number of fused-ring (bicyclic) bond motifs is 1. The van der Waals surface area contributed by atoms with Crippen LogP contribution in [0, 0.1) is 5.92 Å². The van der Waals surface area contributed by atoms with Crippen LogP contribution in [0.5, 0.6) is 0 Å². The summed E-state index contributed by atoms with van der Waals surface area (Å²) in [7, 11) is -3.24. The molecule has 2 heterocycles. The van der Waals surface area contributed by atoms with Gasteiger partial charge >= 0.3 is 0 Å². The molecule has 112 valence electrons. The van der Waals surface area contributed by atoms with Crippen molar-refractivity contribution >= 4 is 34.0 Å². The van der Waals surface area contributed by atoms with Crippen molar-refractivity contribution in [1.29, 1.82) is 0 Å². The summed E-state index contributed by atoms with van der Waals surface area (Å²) in [6.45, 7) is 2.27. The smallest absolute Gasteiger partial charge is 0.218 e. The first kappa shape index (κ1) is 16.0. The van der Waals surface area contributed by atoms with Crippen LogP contribution in [-0.2, 0) is 15.8 Å². The average Bonchev–Trinajstić information content (AvgIpc) is 2.87. The third-order valence-corrected chi connectivity index (χ3v) is 5.98. The van der Waals surface area contributed by atoms with Crippen LogP contribution in [0.25, 0.3) is 0 Å². The Morgan fingerprint density at radius 3 is 2.85 bits per heavy atom. The molecule has 1 aromatic rings. The molecule has 4 nitrogen and oxygen atoms in total. The highest BCUT2D eigenvalue weighted by Gasteiger charge is 2.40. The molecule has 1 aromatic carbocycles. The third kappa shape index (κ3) is 3.28. The van der Waals surface area contributed by atoms with Crippen molar-refractivity contribution in [2.75, 3.05) is 19.6 Å². The molecule has 0 radical (unpaired) electrons. The SMILES string of the molecule is Cl.O=S(=O)(Cc1cccc(Cl)c1)N1C[C@@H]2CCN[C@@H]2C1. The zero-order valence-corrected chi connectivity index (χ0v) is 13.3. The van der Waals surface area contributed by atoms with E-state index in [4.69, 9.17) is 11.6 Å². The van der Waals surface area contributed by atoms with E-state index in [1.54, 1.807) is 28.6 Å². The van der Waals surface area contributed by atoms with Gasteiger partial charge in [0.15, 0.2) is 0 Å². The zero-order valence-electron chi connectivity index (χ0n) is 11.0. The van der Waals surface area contributed by atoms with Gasteiger partial charge in [-0.1, -0.05) is 23.7 Å². The number of hydrogen-bond acceptors (Lipinski definition) is 3. The van der Waals surface area contributed by atoms with E-state index in [2.05, 4.69) is 5.32 Å². The lowest BCUT2D eigenvalue weighted by Gasteiger charge is -2.17. The van der Waals surface area contributed by atoms with E-state index < -0.39 is 10.0 Å². The Morgan fingerprint density at radius 2 is 2.15 bits per heavy atom. The number of benzene rings is 1. The Labute approximate surface area is 131 Å². The maximum absolute atomic E-state index is 12.4. The summed E-state index contributed by atoms with van der Waals surface area (Å²) in [4.78, 5) is 0. The molecule has 0 spiro atoms. The fraction of sp³-hybridized carbons (Fsp3) is 0.538. The molecule has 0 unspecified atom stereocenters. The van der Waals surface area contributed by atoms with Crippen LogP contribution in [0.1, 0.15) is 12.0 Å². The van der Waals surface area contributed by atoms with Gasteiger partial charge in [-0.25, -0.2) is 8.42 Å². The van der Waals surface area contributed by atoms with Gasteiger partial charge in [-0.3, -0.25) is 0 Å². The maximum atomic E-state index is 12.4. The molecule has 0 saturated carbocycles. The molecule has 2 aliphatic heterocycles. The van der Waals surface area contributed by atoms with Crippen LogP contribution in [0.15, 0.2) is 24.3 Å². The van der Waals surface area contributed by atoms with Crippen molar-refractivity contribution in [2.24, 2.45) is 5.92 Å². The van der Waals surface area contributed by atoms with Gasteiger partial charge in [0, 0.05) is 24.2 Å². The first-order valence-electron chi connectivity index (χ1n) is 6.50. The van der Waals surface area contributed by atoms with E-state index in [0.717, 1.165) is 18.5 Å². The molecule has 1 N–H and O–H groups in total. The quantitative estimate of drug-likeness (QED) is 0.916. The van der Waals surface area contributed by atoms with Gasteiger partial charge in [0.05, 0.1) is 5.75 Å². The van der Waals surface area contributed by atoms with Crippen molar-refractivity contribution in [3.05, 3.63) is 34.9 Å². The minimum Gasteiger partial charge on any atom is -0.312 e. The summed E-state index contributed by atoms with van der Waals surface area (Å²) in [5.41, 5.74) is 0.748. The second-order valence-electron chi connectivity index (χ2n) is 5.31. The van der Waals surface area contributed by atoms with Crippen LogP contribution in [-0.4, -0.2) is 38.4 Å². The number of rotatable bonds is 3. The molecule has 0 bridgehead atoms. The van der Waals surface area contributed by atoms with E-state index in [0.29, 0.717) is 30.1 Å². The van der Waals surface area contributed by atoms with Crippen LogP contribution in [0.4, 0.5) is 0 Å². The van der Waals surface area contributed by atoms with Crippen LogP contribution < -0.4 is 5.32 Å². The van der Waals surface area contributed by atoms with Gasteiger partial charge in [-0.2, -0.15) is 4.31 Å². The molecule has 2 fully saturated rings. The molecule has 0 aliphatic carbocycles. The van der Waals surface area contributed by atoms with E-state index in [1.807, 2.05) is 0 Å². The highest BCUT2D eigenvalue weighted by molar-refractivity contribution is 7.88. The van der Waals surface area contributed by atoms with E-state index in [-0.39, 0.29) is 18.2 Å². The lowest BCUT2D eigenvalue weighted by Crippen LogP contribution is -2.34. The standard InChI is InChI=1S/C13H17ClN2O2S.ClH/c14-12-3-1-2-10(6-12)9-19(17,18)16-7-11-4-5-15-13(11)8-16;/h1-3,6,11,13,15H,4-5,7-9H2;1H/t11-,13+;/m0./s1. The summed E-state index contributed by atoms with van der Waals surface area (Å²) >= 11 is 5.89. The summed E-state index contributed by atoms with van der Waals surface area (Å²) in [6.07, 6.45) is 1.08. The topological polar surface area (TPSA) is 49.4 Å². The Bertz CT molecular complexity index is 567. The Hall–Kier alpha value is -0.330. The number of sulfonamides is 1. The Balaban J connectivity index is 0.00000147. The molecule has 2 saturated heterocycles. The highest BCUT2D eigenvalue weighted by atomic mass is 35.5. The maximum Gasteiger partial charge on any atom is 0.218 e. The molecule has 0 aromatic heterocycles. The van der Waals surface area contributed by atoms with Crippen molar-refractivity contribution in [3.8, 4) is 0 Å². The van der Waals surface area contributed by atoms with Crippen LogP contribution in [0.2, 0.25) is 5.02 Å². The number of nitrogens with zero attached hydrogens (tertiary/aromatic N) is 1. The van der Waals surface area contributed by atoms with Crippen molar-refractivity contribution in [1.82, 2.24) is 9.62 Å². The van der Waals surface area contributed by atoms with Gasteiger partial charge < -0.3 is 5.32 Å². The fourth-order valence-electron chi connectivity index (χ4n) is 2.97. The van der Waals surface area contributed by atoms with Gasteiger partial charge in [0.2, 0.25) is 10.0 Å². The molecular weight excluding hydrogens is 319 g/mol. The lowest BCUT2D eigenvalue weighted by atomic mass is 10.1. The normalized spacial score (nSPS) is 26.2. The average molecular weight is 337 g/mol. The van der Waals surface area contributed by atoms with Crippen molar-refractivity contribution < 1.29 is 8.42 Å². The molecule has 2 aliphatic rings. The summed E-state index contributed by atoms with van der Waals surface area (Å²) in [5, 5.41) is 3.94. The predicted octanol–water partition coefficient (Wildman–Crippen LogP) is 1.89. The van der Waals surface area contributed by atoms with Crippen molar-refractivity contribution in [3.63, 3.8) is 0 Å². The third-order valence-electron chi connectivity index (χ3n) is 3.96. The van der Waals surface area contributed by atoms with Gasteiger partial charge in [-0.05, 0) is 36.6 Å². The largest absolute Gasteiger partial charge is 0.312 e. The molecular formula is C13H18Cl2N2O2S. The lowest BCUT2D eigenvalue weighted by molar-refractivity contribution is 0.447. The van der Waals surface area contributed by atoms with Crippen LogP contribution >= 0.6 is 24.0 Å². The zero-order chi connectivity index (χ0) is 13.5. The van der Waals surface area contributed by atoms with E-state index >= 15 is 0 Å². The minimum atomic E-state index is -3.24. The van der Waals surface area contributed by atoms with E-state index in [9.17, 15) is 8.42 Å². The molecule has 3 rings (SSSR count). The second kappa shape index (κ2) is 6.20. The first-order valence-corrected chi connectivity index (χ1v) is 8.49. The molecule has 2 atom stereocenters. The molecule has 7 heteroatoms. The fourth-order valence-corrected chi connectivity index (χ4v) is 4.77. The predicted molar refractivity (Wildman–Crippen MR) is 82.8 cm³/mol. The van der Waals surface area contributed by atoms with Gasteiger partial charge in [-0.15, -0.1) is 12.4 Å². The monoisotopic (exact) mass is 336 g/mol. The van der Waals surface area contributed by atoms with Crippen molar-refractivity contribution in [2.45, 2.75) is 18.2 Å².